The highest BCUT2D eigenvalue weighted by atomic mass is 16.5. The van der Waals surface area contributed by atoms with Gasteiger partial charge < -0.3 is 14.6 Å². The molecule has 0 fully saturated rings. The van der Waals surface area contributed by atoms with E-state index in [2.05, 4.69) is 9.72 Å². The maximum absolute atomic E-state index is 11.3. The molecule has 6 nitrogen and oxygen atoms in total. The summed E-state index contributed by atoms with van der Waals surface area (Å²) in [7, 11) is 1.27. The molecule has 0 aliphatic rings. The molecule has 0 atom stereocenters. The number of hydrogen-bond donors (Lipinski definition) is 1. The predicted octanol–water partition coefficient (Wildman–Crippen LogP) is 2.36. The van der Waals surface area contributed by atoms with Gasteiger partial charge in [-0.25, -0.2) is 14.6 Å². The quantitative estimate of drug-likeness (QED) is 0.860. The van der Waals surface area contributed by atoms with Crippen LogP contribution in [0.1, 0.15) is 20.8 Å². The first-order valence-corrected chi connectivity index (χ1v) is 5.67. The van der Waals surface area contributed by atoms with Crippen LogP contribution in [0.4, 0.5) is 0 Å². The maximum atomic E-state index is 11.3. The van der Waals surface area contributed by atoms with E-state index >= 15 is 0 Å². The first-order chi connectivity index (χ1) is 9.60. The van der Waals surface area contributed by atoms with Crippen LogP contribution in [0.2, 0.25) is 0 Å². The lowest BCUT2D eigenvalue weighted by atomic mass is 10.2. The van der Waals surface area contributed by atoms with Crippen LogP contribution in [0.25, 0.3) is 0 Å². The molecular weight excluding hydrogens is 262 g/mol. The summed E-state index contributed by atoms with van der Waals surface area (Å²) < 4.78 is 10.00. The van der Waals surface area contributed by atoms with Gasteiger partial charge in [0.15, 0.2) is 5.69 Å². The molecule has 0 saturated carbocycles. The number of carbonyl (C=O) groups is 2. The van der Waals surface area contributed by atoms with E-state index in [0.29, 0.717) is 5.75 Å². The Morgan fingerprint density at radius 3 is 2.40 bits per heavy atom. The van der Waals surface area contributed by atoms with Crippen LogP contribution in [0.3, 0.4) is 0 Å². The number of esters is 1. The van der Waals surface area contributed by atoms with Gasteiger partial charge in [0.05, 0.1) is 12.7 Å². The van der Waals surface area contributed by atoms with Crippen LogP contribution < -0.4 is 4.74 Å². The van der Waals surface area contributed by atoms with Gasteiger partial charge >= 0.3 is 11.9 Å². The Morgan fingerprint density at radius 2 is 1.80 bits per heavy atom. The second-order valence-electron chi connectivity index (χ2n) is 3.78. The average molecular weight is 273 g/mol. The minimum absolute atomic E-state index is 0.132. The summed E-state index contributed by atoms with van der Waals surface area (Å²) in [4.78, 5) is 26.0. The zero-order valence-corrected chi connectivity index (χ0v) is 10.6. The van der Waals surface area contributed by atoms with Gasteiger partial charge in [-0.2, -0.15) is 0 Å². The number of ether oxygens (including phenoxy) is 2. The number of aromatic carboxylic acids is 1. The van der Waals surface area contributed by atoms with E-state index in [1.165, 1.54) is 37.4 Å². The number of methoxy groups -OCH3 is 1. The second-order valence-corrected chi connectivity index (χ2v) is 3.78. The van der Waals surface area contributed by atoms with Crippen LogP contribution in [-0.4, -0.2) is 29.1 Å². The molecule has 2 rings (SSSR count). The minimum Gasteiger partial charge on any atom is -0.478 e. The number of carboxylic acids is 1. The van der Waals surface area contributed by atoms with Gasteiger partial charge in [0.2, 0.25) is 5.88 Å². The van der Waals surface area contributed by atoms with Crippen LogP contribution in [0, 0.1) is 0 Å². The lowest BCUT2D eigenvalue weighted by Gasteiger charge is -2.06. The smallest absolute Gasteiger partial charge is 0.356 e. The molecule has 0 radical (unpaired) electrons. The normalized spacial score (nSPS) is 9.85. The van der Waals surface area contributed by atoms with E-state index in [0.717, 1.165) is 0 Å². The zero-order chi connectivity index (χ0) is 14.5. The summed E-state index contributed by atoms with van der Waals surface area (Å²) >= 11 is 0. The molecule has 0 unspecified atom stereocenters. The number of hydrogen-bond acceptors (Lipinski definition) is 5. The van der Waals surface area contributed by atoms with Gasteiger partial charge in [0.1, 0.15) is 5.75 Å². The molecule has 0 aliphatic carbocycles. The minimum atomic E-state index is -1.01. The number of rotatable bonds is 4. The second kappa shape index (κ2) is 5.83. The topological polar surface area (TPSA) is 85.7 Å². The predicted molar refractivity (Wildman–Crippen MR) is 69.1 cm³/mol. The van der Waals surface area contributed by atoms with Crippen molar-refractivity contribution < 1.29 is 24.2 Å². The largest absolute Gasteiger partial charge is 0.478 e. The van der Waals surface area contributed by atoms with Crippen LogP contribution in [0.5, 0.6) is 11.6 Å². The summed E-state index contributed by atoms with van der Waals surface area (Å²) in [5.41, 5.74) is 0.292. The lowest BCUT2D eigenvalue weighted by Crippen LogP contribution is -2.04. The molecule has 0 amide bonds. The number of pyridine rings is 1. The third kappa shape index (κ3) is 3.11. The van der Waals surface area contributed by atoms with Crippen LogP contribution in [0.15, 0.2) is 42.5 Å². The fourth-order valence-corrected chi connectivity index (χ4v) is 1.48. The molecule has 1 aromatic heterocycles. The zero-order valence-electron chi connectivity index (χ0n) is 10.6. The van der Waals surface area contributed by atoms with Crippen molar-refractivity contribution in [2.24, 2.45) is 0 Å². The fourth-order valence-electron chi connectivity index (χ4n) is 1.48. The molecule has 102 valence electrons. The number of benzene rings is 1. The van der Waals surface area contributed by atoms with Crippen molar-refractivity contribution in [3.8, 4) is 11.6 Å². The van der Waals surface area contributed by atoms with Crippen molar-refractivity contribution in [3.63, 3.8) is 0 Å². The van der Waals surface area contributed by atoms with Crippen molar-refractivity contribution >= 4 is 11.9 Å². The molecular formula is C14H11NO5. The Labute approximate surface area is 114 Å². The Balaban J connectivity index is 2.17. The Kier molecular flexibility index (Phi) is 3.95. The highest BCUT2D eigenvalue weighted by Gasteiger charge is 2.09. The van der Waals surface area contributed by atoms with Gasteiger partial charge in [-0.3, -0.25) is 0 Å². The summed E-state index contributed by atoms with van der Waals surface area (Å²) in [5.74, 6) is -0.931. The standard InChI is InChI=1S/C14H11NO5/c1-19-14(18)11-3-2-4-12(15-11)20-10-7-5-9(6-8-10)13(16)17/h2-8H,1H3,(H,16,17). The van der Waals surface area contributed by atoms with E-state index < -0.39 is 11.9 Å². The van der Waals surface area contributed by atoms with Gasteiger partial charge in [-0.05, 0) is 30.3 Å². The molecule has 0 spiro atoms. The number of aromatic nitrogens is 1. The van der Waals surface area contributed by atoms with E-state index in [9.17, 15) is 9.59 Å². The van der Waals surface area contributed by atoms with Gasteiger partial charge in [0.25, 0.3) is 0 Å². The molecule has 1 aromatic carbocycles. The van der Waals surface area contributed by atoms with E-state index in [4.69, 9.17) is 9.84 Å². The summed E-state index contributed by atoms with van der Waals surface area (Å²) in [6.07, 6.45) is 0. The monoisotopic (exact) mass is 273 g/mol. The molecule has 1 N–H and O–H groups in total. The average Bonchev–Trinajstić information content (AvgIpc) is 2.47. The van der Waals surface area contributed by atoms with Gasteiger partial charge in [-0.1, -0.05) is 6.07 Å². The molecule has 0 saturated heterocycles. The highest BCUT2D eigenvalue weighted by molar-refractivity contribution is 5.88. The van der Waals surface area contributed by atoms with Crippen molar-refractivity contribution in [3.05, 3.63) is 53.7 Å². The third-order valence-electron chi connectivity index (χ3n) is 2.44. The third-order valence-corrected chi connectivity index (χ3v) is 2.44. The van der Waals surface area contributed by atoms with Crippen molar-refractivity contribution in [2.75, 3.05) is 7.11 Å². The van der Waals surface area contributed by atoms with E-state index in [1.54, 1.807) is 12.1 Å². The van der Waals surface area contributed by atoms with Crippen molar-refractivity contribution in [2.45, 2.75) is 0 Å². The Hall–Kier alpha value is -2.89. The Morgan fingerprint density at radius 1 is 1.10 bits per heavy atom. The Bertz CT molecular complexity index is 636. The molecule has 0 bridgehead atoms. The van der Waals surface area contributed by atoms with Gasteiger partial charge in [0, 0.05) is 6.07 Å². The van der Waals surface area contributed by atoms with E-state index in [-0.39, 0.29) is 17.1 Å². The summed E-state index contributed by atoms with van der Waals surface area (Å²) in [6.45, 7) is 0. The van der Waals surface area contributed by atoms with Crippen LogP contribution in [-0.2, 0) is 4.74 Å². The van der Waals surface area contributed by atoms with Crippen LogP contribution >= 0.6 is 0 Å². The maximum Gasteiger partial charge on any atom is 0.356 e. The molecule has 0 aliphatic heterocycles. The summed E-state index contributed by atoms with van der Waals surface area (Å²) in [6, 6.07) is 10.6. The number of nitrogens with zero attached hydrogens (tertiary/aromatic N) is 1. The van der Waals surface area contributed by atoms with Crippen molar-refractivity contribution in [1.82, 2.24) is 4.98 Å². The van der Waals surface area contributed by atoms with Gasteiger partial charge in [-0.15, -0.1) is 0 Å². The fraction of sp³-hybridized carbons (Fsp3) is 0.0714. The first kappa shape index (κ1) is 13.5. The summed E-state index contributed by atoms with van der Waals surface area (Å²) in [5, 5.41) is 8.79. The molecule has 1 heterocycles. The molecule has 6 heteroatoms. The lowest BCUT2D eigenvalue weighted by molar-refractivity contribution is 0.0592. The highest BCUT2D eigenvalue weighted by Crippen LogP contribution is 2.20. The molecule has 2 aromatic rings. The first-order valence-electron chi connectivity index (χ1n) is 5.67. The van der Waals surface area contributed by atoms with Crippen molar-refractivity contribution in [1.29, 1.82) is 0 Å². The van der Waals surface area contributed by atoms with E-state index in [1.807, 2.05) is 0 Å². The SMILES string of the molecule is COC(=O)c1cccc(Oc2ccc(C(=O)O)cc2)n1. The molecule has 20 heavy (non-hydrogen) atoms. The number of carboxylic acid groups (broad SMARTS) is 1. The number of carbonyl (C=O) groups excluding carboxylic acids is 1.